The Bertz CT molecular complexity index is 518. The molecule has 0 bridgehead atoms. The van der Waals surface area contributed by atoms with Crippen LogP contribution in [0.15, 0.2) is 35.4 Å². The van der Waals surface area contributed by atoms with Crippen LogP contribution in [0, 0.1) is 0 Å². The maximum Gasteiger partial charge on any atom is 0.246 e. The van der Waals surface area contributed by atoms with Crippen molar-refractivity contribution in [2.45, 2.75) is 53.2 Å². The minimum atomic E-state index is -0.730. The van der Waals surface area contributed by atoms with Crippen molar-refractivity contribution in [1.82, 2.24) is 5.32 Å². The van der Waals surface area contributed by atoms with Crippen LogP contribution in [-0.2, 0) is 4.79 Å². The quantitative estimate of drug-likeness (QED) is 0.759. The number of carbonyl (C=O) groups is 1. The summed E-state index contributed by atoms with van der Waals surface area (Å²) in [7, 11) is 0. The van der Waals surface area contributed by atoms with E-state index in [-0.39, 0.29) is 18.6 Å². The zero-order chi connectivity index (χ0) is 16.7. The molecule has 1 atom stereocenters. The Kier molecular flexibility index (Phi) is 7.12. The first kappa shape index (κ1) is 18.2. The Labute approximate surface area is 133 Å². The number of hydrogen-bond donors (Lipinski definition) is 2. The third-order valence-electron chi connectivity index (χ3n) is 3.60. The number of hydrogen-bond acceptors (Lipinski definition) is 3. The van der Waals surface area contributed by atoms with Gasteiger partial charge in [0.05, 0.1) is 12.2 Å². The maximum atomic E-state index is 12.0. The van der Waals surface area contributed by atoms with E-state index in [0.29, 0.717) is 0 Å². The molecule has 2 N–H and O–H groups in total. The van der Waals surface area contributed by atoms with Crippen molar-refractivity contribution >= 4 is 5.91 Å². The molecular weight excluding hydrogens is 278 g/mol. The lowest BCUT2D eigenvalue weighted by Crippen LogP contribution is -2.29. The minimum absolute atomic E-state index is 0.117. The Balaban J connectivity index is 2.59. The zero-order valence-corrected chi connectivity index (χ0v) is 14.1. The van der Waals surface area contributed by atoms with Gasteiger partial charge in [0.25, 0.3) is 0 Å². The lowest BCUT2D eigenvalue weighted by molar-refractivity contribution is -0.118. The summed E-state index contributed by atoms with van der Waals surface area (Å²) in [6.45, 7) is 9.88. The van der Waals surface area contributed by atoms with Gasteiger partial charge >= 0.3 is 0 Å². The maximum absolute atomic E-state index is 12.0. The van der Waals surface area contributed by atoms with E-state index in [9.17, 15) is 9.90 Å². The van der Waals surface area contributed by atoms with Crippen molar-refractivity contribution in [3.8, 4) is 5.75 Å². The molecular formula is C18H27NO3. The summed E-state index contributed by atoms with van der Waals surface area (Å²) in [4.78, 5) is 12.0. The fourth-order valence-corrected chi connectivity index (χ4v) is 1.94. The summed E-state index contributed by atoms with van der Waals surface area (Å²) >= 11 is 0. The molecule has 0 radical (unpaired) electrons. The largest absolute Gasteiger partial charge is 0.491 e. The van der Waals surface area contributed by atoms with Gasteiger partial charge in [0.2, 0.25) is 5.91 Å². The minimum Gasteiger partial charge on any atom is -0.491 e. The number of amides is 1. The van der Waals surface area contributed by atoms with Gasteiger partial charge in [-0.05, 0) is 51.8 Å². The summed E-state index contributed by atoms with van der Waals surface area (Å²) in [6, 6.07) is 7.28. The number of carbonyl (C=O) groups excluding carboxylic acids is 1. The van der Waals surface area contributed by atoms with Gasteiger partial charge in [0.1, 0.15) is 5.75 Å². The molecule has 1 aromatic rings. The highest BCUT2D eigenvalue weighted by Crippen LogP contribution is 2.18. The molecule has 0 fully saturated rings. The van der Waals surface area contributed by atoms with Gasteiger partial charge in [-0.25, -0.2) is 0 Å². The zero-order valence-electron chi connectivity index (χ0n) is 14.1. The van der Waals surface area contributed by atoms with Gasteiger partial charge in [-0.15, -0.1) is 0 Å². The number of aliphatic hydroxyl groups excluding tert-OH is 1. The van der Waals surface area contributed by atoms with Crippen LogP contribution in [0.5, 0.6) is 5.75 Å². The molecule has 0 saturated carbocycles. The van der Waals surface area contributed by atoms with E-state index >= 15 is 0 Å². The predicted molar refractivity (Wildman–Crippen MR) is 88.8 cm³/mol. The highest BCUT2D eigenvalue weighted by molar-refractivity contribution is 5.93. The van der Waals surface area contributed by atoms with E-state index < -0.39 is 6.10 Å². The van der Waals surface area contributed by atoms with Crippen LogP contribution in [0.25, 0.3) is 0 Å². The average molecular weight is 305 g/mol. The second-order valence-corrected chi connectivity index (χ2v) is 5.72. The number of benzene rings is 1. The van der Waals surface area contributed by atoms with E-state index in [1.807, 2.05) is 52.0 Å². The molecule has 4 nitrogen and oxygen atoms in total. The molecule has 1 unspecified atom stereocenters. The number of ether oxygens (including phenoxy) is 1. The molecule has 1 rings (SSSR count). The normalized spacial score (nSPS) is 13.6. The van der Waals surface area contributed by atoms with Crippen molar-refractivity contribution in [2.24, 2.45) is 0 Å². The van der Waals surface area contributed by atoms with Crippen LogP contribution >= 0.6 is 0 Å². The van der Waals surface area contributed by atoms with E-state index in [0.717, 1.165) is 28.9 Å². The van der Waals surface area contributed by atoms with Crippen LogP contribution in [-0.4, -0.2) is 23.7 Å². The van der Waals surface area contributed by atoms with Crippen molar-refractivity contribution in [3.63, 3.8) is 0 Å². The summed E-state index contributed by atoms with van der Waals surface area (Å²) in [6.07, 6.45) is 0.234. The molecule has 22 heavy (non-hydrogen) atoms. The van der Waals surface area contributed by atoms with Crippen molar-refractivity contribution in [2.75, 3.05) is 6.54 Å². The lowest BCUT2D eigenvalue weighted by Gasteiger charge is -2.15. The lowest BCUT2D eigenvalue weighted by atomic mass is 10.1. The monoisotopic (exact) mass is 305 g/mol. The smallest absolute Gasteiger partial charge is 0.246 e. The van der Waals surface area contributed by atoms with Gasteiger partial charge < -0.3 is 15.2 Å². The first-order valence-corrected chi connectivity index (χ1v) is 7.74. The van der Waals surface area contributed by atoms with E-state index in [4.69, 9.17) is 4.74 Å². The summed E-state index contributed by atoms with van der Waals surface area (Å²) in [5.74, 6) is 0.644. The first-order valence-electron chi connectivity index (χ1n) is 7.74. The number of rotatable bonds is 7. The molecule has 4 heteroatoms. The third kappa shape index (κ3) is 5.53. The Hall–Kier alpha value is -1.81. The SMILES string of the molecule is CC/C(C)=C(/C)C(=O)NCC(O)c1ccc(OC(C)C)cc1. The van der Waals surface area contributed by atoms with Crippen molar-refractivity contribution in [1.29, 1.82) is 0 Å². The molecule has 1 aromatic carbocycles. The number of nitrogens with one attached hydrogen (secondary N) is 1. The topological polar surface area (TPSA) is 58.6 Å². The standard InChI is InChI=1S/C18H27NO3/c1-6-13(4)14(5)18(21)19-11-17(20)15-7-9-16(10-8-15)22-12(2)3/h7-10,12,17,20H,6,11H2,1-5H3,(H,19,21)/b14-13-. The van der Waals surface area contributed by atoms with Gasteiger partial charge in [0.15, 0.2) is 0 Å². The van der Waals surface area contributed by atoms with Gasteiger partial charge in [-0.1, -0.05) is 24.6 Å². The highest BCUT2D eigenvalue weighted by atomic mass is 16.5. The molecule has 0 aliphatic carbocycles. The Morgan fingerprint density at radius 2 is 1.82 bits per heavy atom. The molecule has 0 spiro atoms. The van der Waals surface area contributed by atoms with Crippen molar-refractivity contribution in [3.05, 3.63) is 41.0 Å². The van der Waals surface area contributed by atoms with E-state index in [2.05, 4.69) is 5.32 Å². The molecule has 0 aromatic heterocycles. The fourth-order valence-electron chi connectivity index (χ4n) is 1.94. The average Bonchev–Trinajstić information content (AvgIpc) is 2.50. The van der Waals surface area contributed by atoms with Crippen LogP contribution in [0.3, 0.4) is 0 Å². The van der Waals surface area contributed by atoms with Gasteiger partial charge in [-0.3, -0.25) is 4.79 Å². The van der Waals surface area contributed by atoms with Gasteiger partial charge in [-0.2, -0.15) is 0 Å². The Morgan fingerprint density at radius 1 is 1.23 bits per heavy atom. The molecule has 122 valence electrons. The molecule has 0 heterocycles. The Morgan fingerprint density at radius 3 is 2.32 bits per heavy atom. The van der Waals surface area contributed by atoms with Crippen molar-refractivity contribution < 1.29 is 14.6 Å². The van der Waals surface area contributed by atoms with Crippen LogP contribution in [0.1, 0.15) is 52.7 Å². The fraction of sp³-hybridized carbons (Fsp3) is 0.500. The third-order valence-corrected chi connectivity index (χ3v) is 3.60. The summed E-state index contributed by atoms with van der Waals surface area (Å²) < 4.78 is 5.56. The highest BCUT2D eigenvalue weighted by Gasteiger charge is 2.12. The van der Waals surface area contributed by atoms with Crippen LogP contribution in [0.4, 0.5) is 0 Å². The van der Waals surface area contributed by atoms with Crippen LogP contribution < -0.4 is 10.1 Å². The van der Waals surface area contributed by atoms with E-state index in [1.54, 1.807) is 6.92 Å². The first-order chi connectivity index (χ1) is 10.3. The number of aliphatic hydroxyl groups is 1. The molecule has 0 aliphatic rings. The molecule has 1 amide bonds. The number of allylic oxidation sites excluding steroid dienone is 1. The predicted octanol–water partition coefficient (Wildman–Crippen LogP) is 3.37. The van der Waals surface area contributed by atoms with Gasteiger partial charge in [0, 0.05) is 12.1 Å². The summed E-state index contributed by atoms with van der Waals surface area (Å²) in [5.41, 5.74) is 2.53. The second kappa shape index (κ2) is 8.59. The molecule has 0 aliphatic heterocycles. The van der Waals surface area contributed by atoms with Crippen LogP contribution in [0.2, 0.25) is 0 Å². The second-order valence-electron chi connectivity index (χ2n) is 5.72. The summed E-state index contributed by atoms with van der Waals surface area (Å²) in [5, 5.41) is 12.9. The van der Waals surface area contributed by atoms with E-state index in [1.165, 1.54) is 0 Å². The molecule has 0 saturated heterocycles.